The fourth-order valence-corrected chi connectivity index (χ4v) is 2.84. The van der Waals surface area contributed by atoms with Gasteiger partial charge in [-0.3, -0.25) is 0 Å². The summed E-state index contributed by atoms with van der Waals surface area (Å²) in [5.41, 5.74) is 4.18. The molecular weight excluding hydrogens is 307 g/mol. The number of aliphatic hydroxyl groups is 1. The van der Waals surface area contributed by atoms with Crippen LogP contribution in [0.5, 0.6) is 0 Å². The average molecular weight is 323 g/mol. The van der Waals surface area contributed by atoms with Crippen LogP contribution in [0.15, 0.2) is 34.8 Å². The van der Waals surface area contributed by atoms with Gasteiger partial charge in [0.15, 0.2) is 0 Å². The maximum atomic E-state index is 13.3. The summed E-state index contributed by atoms with van der Waals surface area (Å²) in [5, 5.41) is 10.6. The molecule has 0 heterocycles. The Kier molecular flexibility index (Phi) is 4.07. The molecule has 0 saturated heterocycles. The second-order valence-corrected chi connectivity index (χ2v) is 5.74. The van der Waals surface area contributed by atoms with Crippen LogP contribution in [-0.4, -0.2) is 5.11 Å². The number of benzene rings is 2. The summed E-state index contributed by atoms with van der Waals surface area (Å²) in [6.45, 7) is 5.61. The maximum Gasteiger partial charge on any atom is 0.123 e. The summed E-state index contributed by atoms with van der Waals surface area (Å²) >= 11 is 3.46. The van der Waals surface area contributed by atoms with Crippen LogP contribution in [0, 0.1) is 26.6 Å². The molecule has 3 heteroatoms. The topological polar surface area (TPSA) is 20.2 Å². The van der Waals surface area contributed by atoms with Crippen molar-refractivity contribution >= 4 is 15.9 Å². The first-order valence-electron chi connectivity index (χ1n) is 6.11. The van der Waals surface area contributed by atoms with Crippen molar-refractivity contribution in [1.29, 1.82) is 0 Å². The van der Waals surface area contributed by atoms with E-state index in [1.54, 1.807) is 0 Å². The molecule has 0 aliphatic carbocycles. The molecule has 0 saturated carbocycles. The molecule has 19 heavy (non-hydrogen) atoms. The van der Waals surface area contributed by atoms with Gasteiger partial charge in [0.25, 0.3) is 0 Å². The lowest BCUT2D eigenvalue weighted by molar-refractivity contribution is 0.218. The third-order valence-corrected chi connectivity index (χ3v) is 4.00. The van der Waals surface area contributed by atoms with Gasteiger partial charge >= 0.3 is 0 Å². The maximum absolute atomic E-state index is 13.3. The number of aliphatic hydroxyl groups excluding tert-OH is 1. The highest BCUT2D eigenvalue weighted by Crippen LogP contribution is 2.33. The Morgan fingerprint density at radius 1 is 1.05 bits per heavy atom. The minimum Gasteiger partial charge on any atom is -0.384 e. The van der Waals surface area contributed by atoms with Crippen LogP contribution >= 0.6 is 15.9 Å². The van der Waals surface area contributed by atoms with Crippen LogP contribution in [0.1, 0.15) is 33.9 Å². The molecule has 0 aromatic heterocycles. The van der Waals surface area contributed by atoms with E-state index >= 15 is 0 Å². The van der Waals surface area contributed by atoms with E-state index in [0.29, 0.717) is 0 Å². The van der Waals surface area contributed by atoms with E-state index in [-0.39, 0.29) is 5.82 Å². The van der Waals surface area contributed by atoms with Gasteiger partial charge in [-0.1, -0.05) is 33.6 Å². The van der Waals surface area contributed by atoms with Crippen molar-refractivity contribution in [2.45, 2.75) is 26.9 Å². The predicted octanol–water partition coefficient (Wildman–Crippen LogP) is 4.60. The summed E-state index contributed by atoms with van der Waals surface area (Å²) in [6.07, 6.45) is -0.755. The molecule has 1 nitrogen and oxygen atoms in total. The Bertz CT molecular complexity index is 599. The van der Waals surface area contributed by atoms with Gasteiger partial charge in [-0.25, -0.2) is 4.39 Å². The molecular formula is C16H16BrFO. The minimum atomic E-state index is -0.755. The second kappa shape index (κ2) is 5.43. The Morgan fingerprint density at radius 3 is 2.21 bits per heavy atom. The minimum absolute atomic E-state index is 0.269. The quantitative estimate of drug-likeness (QED) is 0.857. The zero-order valence-electron chi connectivity index (χ0n) is 11.2. The Morgan fingerprint density at radius 2 is 1.63 bits per heavy atom. The van der Waals surface area contributed by atoms with Crippen molar-refractivity contribution < 1.29 is 9.50 Å². The van der Waals surface area contributed by atoms with Crippen molar-refractivity contribution in [3.05, 3.63) is 68.4 Å². The van der Waals surface area contributed by atoms with Crippen molar-refractivity contribution in [3.8, 4) is 0 Å². The van der Waals surface area contributed by atoms with Gasteiger partial charge < -0.3 is 5.11 Å². The van der Waals surface area contributed by atoms with Gasteiger partial charge in [-0.2, -0.15) is 0 Å². The zero-order valence-corrected chi connectivity index (χ0v) is 12.8. The molecule has 0 aliphatic rings. The first-order chi connectivity index (χ1) is 8.90. The molecule has 1 unspecified atom stereocenters. The van der Waals surface area contributed by atoms with Gasteiger partial charge in [0.05, 0.1) is 0 Å². The van der Waals surface area contributed by atoms with Crippen molar-refractivity contribution in [3.63, 3.8) is 0 Å². The lowest BCUT2D eigenvalue weighted by atomic mass is 9.92. The van der Waals surface area contributed by atoms with Crippen molar-refractivity contribution in [2.24, 2.45) is 0 Å². The Balaban J connectivity index is 2.56. The number of aryl methyl sites for hydroxylation is 3. The van der Waals surface area contributed by atoms with Gasteiger partial charge in [-0.15, -0.1) is 0 Å². The second-order valence-electron chi connectivity index (χ2n) is 4.88. The predicted molar refractivity (Wildman–Crippen MR) is 78.8 cm³/mol. The zero-order chi connectivity index (χ0) is 14.2. The van der Waals surface area contributed by atoms with Crippen LogP contribution in [0.25, 0.3) is 0 Å². The summed E-state index contributed by atoms with van der Waals surface area (Å²) in [4.78, 5) is 0. The molecule has 2 aromatic rings. The fraction of sp³-hybridized carbons (Fsp3) is 0.250. The van der Waals surface area contributed by atoms with Gasteiger partial charge in [-0.05, 0) is 61.2 Å². The number of rotatable bonds is 2. The third kappa shape index (κ3) is 2.88. The van der Waals surface area contributed by atoms with E-state index < -0.39 is 6.10 Å². The van der Waals surface area contributed by atoms with Crippen molar-refractivity contribution in [1.82, 2.24) is 0 Å². The SMILES string of the molecule is Cc1ccc(Br)c(C(O)c2c(C)cc(F)cc2C)c1. The van der Waals surface area contributed by atoms with Gasteiger partial charge in [0.2, 0.25) is 0 Å². The highest BCUT2D eigenvalue weighted by Gasteiger charge is 2.18. The van der Waals surface area contributed by atoms with E-state index in [9.17, 15) is 9.50 Å². The molecule has 0 fully saturated rings. The molecule has 0 aliphatic heterocycles. The first-order valence-corrected chi connectivity index (χ1v) is 6.90. The highest BCUT2D eigenvalue weighted by atomic mass is 79.9. The van der Waals surface area contributed by atoms with Crippen molar-refractivity contribution in [2.75, 3.05) is 0 Å². The van der Waals surface area contributed by atoms with E-state index in [1.165, 1.54) is 12.1 Å². The highest BCUT2D eigenvalue weighted by molar-refractivity contribution is 9.10. The smallest absolute Gasteiger partial charge is 0.123 e. The standard InChI is InChI=1S/C16H16BrFO/c1-9-4-5-14(17)13(6-9)16(19)15-10(2)7-12(18)8-11(15)3/h4-8,16,19H,1-3H3. The first kappa shape index (κ1) is 14.2. The number of hydrogen-bond donors (Lipinski definition) is 1. The molecule has 0 radical (unpaired) electrons. The number of hydrogen-bond acceptors (Lipinski definition) is 1. The van der Waals surface area contributed by atoms with Crippen LogP contribution < -0.4 is 0 Å². The summed E-state index contributed by atoms with van der Waals surface area (Å²) < 4.78 is 14.2. The fourth-order valence-electron chi connectivity index (χ4n) is 2.38. The largest absolute Gasteiger partial charge is 0.384 e. The number of halogens is 2. The molecule has 1 N–H and O–H groups in total. The van der Waals surface area contributed by atoms with E-state index in [1.807, 2.05) is 39.0 Å². The summed E-state index contributed by atoms with van der Waals surface area (Å²) in [6, 6.07) is 8.74. The average Bonchev–Trinajstić information content (AvgIpc) is 2.30. The summed E-state index contributed by atoms with van der Waals surface area (Å²) in [7, 11) is 0. The molecule has 0 spiro atoms. The van der Waals surface area contributed by atoms with Crippen LogP contribution in [-0.2, 0) is 0 Å². The third-order valence-electron chi connectivity index (χ3n) is 3.28. The van der Waals surface area contributed by atoms with Gasteiger partial charge in [0, 0.05) is 4.47 Å². The van der Waals surface area contributed by atoms with Gasteiger partial charge in [0.1, 0.15) is 11.9 Å². The van der Waals surface area contributed by atoms with E-state index in [4.69, 9.17) is 0 Å². The molecule has 2 aromatic carbocycles. The normalized spacial score (nSPS) is 12.5. The van der Waals surface area contributed by atoms with Crippen LogP contribution in [0.4, 0.5) is 4.39 Å². The lowest BCUT2D eigenvalue weighted by Gasteiger charge is -2.19. The monoisotopic (exact) mass is 322 g/mol. The van der Waals surface area contributed by atoms with E-state index in [2.05, 4.69) is 15.9 Å². The molecule has 0 bridgehead atoms. The van der Waals surface area contributed by atoms with Crippen LogP contribution in [0.2, 0.25) is 0 Å². The Labute approximate surface area is 121 Å². The molecule has 1 atom stereocenters. The lowest BCUT2D eigenvalue weighted by Crippen LogP contribution is -2.06. The summed E-state index contributed by atoms with van der Waals surface area (Å²) in [5.74, 6) is -0.269. The Hall–Kier alpha value is -1.19. The molecule has 0 amide bonds. The van der Waals surface area contributed by atoms with Crippen LogP contribution in [0.3, 0.4) is 0 Å². The molecule has 100 valence electrons. The molecule has 2 rings (SSSR count). The van der Waals surface area contributed by atoms with E-state index in [0.717, 1.165) is 32.3 Å².